The standard InChI is InChI=1S/C9H10FNO3S/c1-11-4-5-14-8-6-7(10)2-3-9(8)15(11,12)13/h2-3,6H,4-5H2,1H3. The molecule has 1 aliphatic heterocycles. The number of benzene rings is 1. The molecule has 15 heavy (non-hydrogen) atoms. The van der Waals surface area contributed by atoms with Gasteiger partial charge in [-0.3, -0.25) is 0 Å². The fourth-order valence-electron chi connectivity index (χ4n) is 1.38. The summed E-state index contributed by atoms with van der Waals surface area (Å²) in [5, 5.41) is 0. The quantitative estimate of drug-likeness (QED) is 0.664. The van der Waals surface area contributed by atoms with E-state index >= 15 is 0 Å². The summed E-state index contributed by atoms with van der Waals surface area (Å²) in [6.45, 7) is 0.491. The van der Waals surface area contributed by atoms with E-state index in [2.05, 4.69) is 0 Å². The lowest BCUT2D eigenvalue weighted by Gasteiger charge is -2.12. The molecule has 0 atom stereocenters. The first-order valence-electron chi connectivity index (χ1n) is 4.40. The maximum atomic E-state index is 12.9. The van der Waals surface area contributed by atoms with Gasteiger partial charge in [-0.2, -0.15) is 4.31 Å². The zero-order chi connectivity index (χ0) is 11.1. The molecular formula is C9H10FNO3S. The second-order valence-corrected chi connectivity index (χ2v) is 5.28. The average molecular weight is 231 g/mol. The normalized spacial score (nSPS) is 20.1. The summed E-state index contributed by atoms with van der Waals surface area (Å²) in [6.07, 6.45) is 0. The number of rotatable bonds is 0. The Morgan fingerprint density at radius 3 is 2.93 bits per heavy atom. The molecule has 4 nitrogen and oxygen atoms in total. The van der Waals surface area contributed by atoms with E-state index < -0.39 is 15.8 Å². The molecule has 2 rings (SSSR count). The Kier molecular flexibility index (Phi) is 2.40. The van der Waals surface area contributed by atoms with Crippen molar-refractivity contribution in [2.75, 3.05) is 20.2 Å². The van der Waals surface area contributed by atoms with E-state index in [0.717, 1.165) is 12.1 Å². The van der Waals surface area contributed by atoms with Gasteiger partial charge in [0.05, 0.1) is 0 Å². The zero-order valence-electron chi connectivity index (χ0n) is 8.10. The van der Waals surface area contributed by atoms with Crippen LogP contribution in [0.15, 0.2) is 23.1 Å². The topological polar surface area (TPSA) is 46.6 Å². The molecule has 0 fully saturated rings. The monoisotopic (exact) mass is 231 g/mol. The van der Waals surface area contributed by atoms with Gasteiger partial charge < -0.3 is 4.74 Å². The van der Waals surface area contributed by atoms with Crippen LogP contribution in [0.2, 0.25) is 0 Å². The molecule has 0 saturated heterocycles. The predicted octanol–water partition coefficient (Wildman–Crippen LogP) is 0.839. The molecule has 0 bridgehead atoms. The molecule has 0 saturated carbocycles. The van der Waals surface area contributed by atoms with Crippen molar-refractivity contribution in [1.82, 2.24) is 4.31 Å². The summed E-state index contributed by atoms with van der Waals surface area (Å²) in [5.74, 6) is -0.423. The van der Waals surface area contributed by atoms with Gasteiger partial charge in [0.25, 0.3) is 0 Å². The Morgan fingerprint density at radius 1 is 1.47 bits per heavy atom. The van der Waals surface area contributed by atoms with Crippen molar-refractivity contribution in [2.45, 2.75) is 4.90 Å². The molecule has 0 amide bonds. The van der Waals surface area contributed by atoms with Gasteiger partial charge >= 0.3 is 0 Å². The third kappa shape index (κ3) is 1.70. The third-order valence-electron chi connectivity index (χ3n) is 2.26. The van der Waals surface area contributed by atoms with Crippen LogP contribution in [-0.2, 0) is 10.0 Å². The van der Waals surface area contributed by atoms with E-state index in [1.807, 2.05) is 0 Å². The third-order valence-corrected chi connectivity index (χ3v) is 4.15. The highest BCUT2D eigenvalue weighted by atomic mass is 32.2. The van der Waals surface area contributed by atoms with Crippen LogP contribution in [0.5, 0.6) is 5.75 Å². The molecule has 0 N–H and O–H groups in total. The Morgan fingerprint density at radius 2 is 2.20 bits per heavy atom. The summed E-state index contributed by atoms with van der Waals surface area (Å²) < 4.78 is 43.0. The Hall–Kier alpha value is -1.14. The van der Waals surface area contributed by atoms with E-state index in [-0.39, 0.29) is 23.8 Å². The maximum absolute atomic E-state index is 12.9. The molecule has 0 spiro atoms. The van der Waals surface area contributed by atoms with Crippen molar-refractivity contribution in [1.29, 1.82) is 0 Å². The predicted molar refractivity (Wildman–Crippen MR) is 51.7 cm³/mol. The molecule has 1 heterocycles. The summed E-state index contributed by atoms with van der Waals surface area (Å²) in [4.78, 5) is 0.0175. The van der Waals surface area contributed by atoms with E-state index in [0.29, 0.717) is 0 Å². The van der Waals surface area contributed by atoms with Crippen LogP contribution in [0.1, 0.15) is 0 Å². The Bertz CT molecular complexity index is 486. The number of hydrogen-bond donors (Lipinski definition) is 0. The average Bonchev–Trinajstić information content (AvgIpc) is 2.26. The van der Waals surface area contributed by atoms with Crippen molar-refractivity contribution < 1.29 is 17.5 Å². The highest BCUT2D eigenvalue weighted by Crippen LogP contribution is 2.28. The van der Waals surface area contributed by atoms with E-state index in [1.165, 1.54) is 17.4 Å². The second-order valence-electron chi connectivity index (χ2n) is 3.27. The molecule has 0 radical (unpaired) electrons. The lowest BCUT2D eigenvalue weighted by molar-refractivity contribution is 0.292. The maximum Gasteiger partial charge on any atom is 0.246 e. The highest BCUT2D eigenvalue weighted by Gasteiger charge is 2.27. The number of nitrogens with zero attached hydrogens (tertiary/aromatic N) is 1. The van der Waals surface area contributed by atoms with Gasteiger partial charge in [0, 0.05) is 19.7 Å². The minimum atomic E-state index is -3.53. The van der Waals surface area contributed by atoms with Crippen LogP contribution < -0.4 is 4.74 Å². The number of halogens is 1. The smallest absolute Gasteiger partial charge is 0.246 e. The fraction of sp³-hybridized carbons (Fsp3) is 0.333. The highest BCUT2D eigenvalue weighted by molar-refractivity contribution is 7.89. The number of sulfonamides is 1. The minimum Gasteiger partial charge on any atom is -0.491 e. The summed E-state index contributed by atoms with van der Waals surface area (Å²) in [7, 11) is -2.06. The molecular weight excluding hydrogens is 221 g/mol. The van der Waals surface area contributed by atoms with Crippen molar-refractivity contribution >= 4 is 10.0 Å². The summed E-state index contributed by atoms with van der Waals surface area (Å²) >= 11 is 0. The Labute approximate surface area is 87.3 Å². The minimum absolute atomic E-state index is 0.0175. The first-order valence-corrected chi connectivity index (χ1v) is 5.84. The molecule has 0 aliphatic carbocycles. The summed E-state index contributed by atoms with van der Waals surface area (Å²) in [6, 6.07) is 3.42. The van der Waals surface area contributed by atoms with Crippen LogP contribution in [0.3, 0.4) is 0 Å². The van der Waals surface area contributed by atoms with Crippen LogP contribution >= 0.6 is 0 Å². The van der Waals surface area contributed by atoms with Gasteiger partial charge in [-0.15, -0.1) is 0 Å². The van der Waals surface area contributed by atoms with E-state index in [1.54, 1.807) is 0 Å². The lowest BCUT2D eigenvalue weighted by Crippen LogP contribution is -2.28. The molecule has 1 aromatic rings. The Balaban J connectivity index is 2.64. The van der Waals surface area contributed by atoms with Crippen molar-refractivity contribution in [3.8, 4) is 5.75 Å². The van der Waals surface area contributed by atoms with Gasteiger partial charge in [-0.25, -0.2) is 12.8 Å². The van der Waals surface area contributed by atoms with Crippen molar-refractivity contribution in [2.24, 2.45) is 0 Å². The molecule has 1 aromatic carbocycles. The van der Waals surface area contributed by atoms with E-state index in [9.17, 15) is 12.8 Å². The number of fused-ring (bicyclic) bond motifs is 1. The van der Waals surface area contributed by atoms with Crippen LogP contribution in [0.4, 0.5) is 4.39 Å². The fourth-order valence-corrected chi connectivity index (χ4v) is 2.64. The van der Waals surface area contributed by atoms with Gasteiger partial charge in [-0.1, -0.05) is 0 Å². The zero-order valence-corrected chi connectivity index (χ0v) is 8.92. The van der Waals surface area contributed by atoms with Crippen LogP contribution in [0.25, 0.3) is 0 Å². The second kappa shape index (κ2) is 3.46. The van der Waals surface area contributed by atoms with Gasteiger partial charge in [0.1, 0.15) is 23.1 Å². The largest absolute Gasteiger partial charge is 0.491 e. The molecule has 0 unspecified atom stereocenters. The van der Waals surface area contributed by atoms with Crippen molar-refractivity contribution in [3.05, 3.63) is 24.0 Å². The summed E-state index contributed by atoms with van der Waals surface area (Å²) in [5.41, 5.74) is 0. The van der Waals surface area contributed by atoms with Gasteiger partial charge in [-0.05, 0) is 12.1 Å². The molecule has 1 aliphatic rings. The first-order chi connectivity index (χ1) is 7.01. The van der Waals surface area contributed by atoms with Gasteiger partial charge in [0.15, 0.2) is 0 Å². The molecule has 6 heteroatoms. The van der Waals surface area contributed by atoms with E-state index in [4.69, 9.17) is 4.74 Å². The van der Waals surface area contributed by atoms with Crippen LogP contribution in [0, 0.1) is 5.82 Å². The number of ether oxygens (including phenoxy) is 1. The SMILES string of the molecule is CN1CCOc2cc(F)ccc2S1(=O)=O. The molecule has 82 valence electrons. The number of hydrogen-bond acceptors (Lipinski definition) is 3. The number of likely N-dealkylation sites (N-methyl/N-ethyl adjacent to an activating group) is 1. The van der Waals surface area contributed by atoms with Gasteiger partial charge in [0.2, 0.25) is 10.0 Å². The van der Waals surface area contributed by atoms with Crippen molar-refractivity contribution in [3.63, 3.8) is 0 Å². The lowest BCUT2D eigenvalue weighted by atomic mass is 10.3. The first kappa shape index (κ1) is 10.4. The molecule has 0 aromatic heterocycles. The van der Waals surface area contributed by atoms with Crippen LogP contribution in [-0.4, -0.2) is 32.9 Å².